The van der Waals surface area contributed by atoms with E-state index in [1.165, 1.54) is 15.8 Å². The first kappa shape index (κ1) is 13.7. The van der Waals surface area contributed by atoms with Crippen molar-refractivity contribution >= 4 is 33.3 Å². The molecule has 0 aliphatic heterocycles. The minimum atomic E-state index is 0.598. The molecular formula is C17H17NS2. The zero-order valence-corrected chi connectivity index (χ0v) is 13.3. The smallest absolute Gasteiger partial charge is 0.151 e. The molecule has 0 unspecified atom stereocenters. The molecule has 1 heterocycles. The van der Waals surface area contributed by atoms with Crippen LogP contribution >= 0.6 is 23.1 Å². The third kappa shape index (κ3) is 3.05. The fourth-order valence-electron chi connectivity index (χ4n) is 2.06. The zero-order chi connectivity index (χ0) is 13.9. The molecule has 0 spiro atoms. The van der Waals surface area contributed by atoms with Crippen LogP contribution in [0.2, 0.25) is 0 Å². The summed E-state index contributed by atoms with van der Waals surface area (Å²) in [6.07, 6.45) is 0. The van der Waals surface area contributed by atoms with E-state index < -0.39 is 0 Å². The van der Waals surface area contributed by atoms with Crippen molar-refractivity contribution < 1.29 is 0 Å². The van der Waals surface area contributed by atoms with E-state index in [4.69, 9.17) is 0 Å². The van der Waals surface area contributed by atoms with E-state index >= 15 is 0 Å². The minimum absolute atomic E-state index is 0.598. The van der Waals surface area contributed by atoms with Gasteiger partial charge >= 0.3 is 0 Å². The molecule has 1 nitrogen and oxygen atoms in total. The Kier molecular flexibility index (Phi) is 4.08. The van der Waals surface area contributed by atoms with Crippen molar-refractivity contribution in [2.45, 2.75) is 29.9 Å². The lowest BCUT2D eigenvalue weighted by molar-refractivity contribution is 0.866. The maximum absolute atomic E-state index is 4.66. The van der Waals surface area contributed by atoms with Gasteiger partial charge in [0.15, 0.2) is 4.34 Å². The molecule has 0 radical (unpaired) electrons. The molecule has 0 saturated heterocycles. The number of hydrogen-bond donors (Lipinski definition) is 0. The second-order valence-corrected chi connectivity index (χ2v) is 7.39. The van der Waals surface area contributed by atoms with Crippen LogP contribution in [0.4, 0.5) is 0 Å². The molecule has 0 amide bonds. The van der Waals surface area contributed by atoms with Gasteiger partial charge in [-0.3, -0.25) is 0 Å². The highest BCUT2D eigenvalue weighted by molar-refractivity contribution is 8.00. The number of benzene rings is 2. The topological polar surface area (TPSA) is 12.9 Å². The van der Waals surface area contributed by atoms with E-state index in [2.05, 4.69) is 61.3 Å². The maximum atomic E-state index is 4.66. The number of aromatic nitrogens is 1. The highest BCUT2D eigenvalue weighted by Gasteiger charge is 2.04. The zero-order valence-electron chi connectivity index (χ0n) is 11.7. The summed E-state index contributed by atoms with van der Waals surface area (Å²) < 4.78 is 2.42. The summed E-state index contributed by atoms with van der Waals surface area (Å²) in [6, 6.07) is 17.3. The van der Waals surface area contributed by atoms with E-state index in [0.717, 1.165) is 15.6 Å². The van der Waals surface area contributed by atoms with Crippen LogP contribution in [0.15, 0.2) is 52.9 Å². The molecule has 0 bridgehead atoms. The molecule has 0 N–H and O–H groups in total. The van der Waals surface area contributed by atoms with E-state index in [0.29, 0.717) is 5.92 Å². The molecule has 20 heavy (non-hydrogen) atoms. The molecule has 102 valence electrons. The van der Waals surface area contributed by atoms with Crippen molar-refractivity contribution in [3.8, 4) is 0 Å². The first-order valence-corrected chi connectivity index (χ1v) is 8.60. The number of nitrogens with zero attached hydrogens (tertiary/aromatic N) is 1. The molecule has 0 atom stereocenters. The van der Waals surface area contributed by atoms with Gasteiger partial charge < -0.3 is 0 Å². The highest BCUT2D eigenvalue weighted by Crippen LogP contribution is 2.31. The Morgan fingerprint density at radius 2 is 1.80 bits per heavy atom. The quantitative estimate of drug-likeness (QED) is 0.572. The summed E-state index contributed by atoms with van der Waals surface area (Å²) in [6.45, 7) is 4.45. The van der Waals surface area contributed by atoms with Crippen molar-refractivity contribution in [2.75, 3.05) is 0 Å². The van der Waals surface area contributed by atoms with Gasteiger partial charge in [-0.15, -0.1) is 11.3 Å². The largest absolute Gasteiger partial charge is 0.230 e. The van der Waals surface area contributed by atoms with Gasteiger partial charge in [0.25, 0.3) is 0 Å². The standard InChI is InChI=1S/C17H17NS2/c1-12(2)14-9-7-13(8-10-14)11-19-17-18-15-5-3-4-6-16(15)20-17/h3-10,12H,11H2,1-2H3. The molecule has 0 saturated carbocycles. The van der Waals surface area contributed by atoms with Crippen LogP contribution < -0.4 is 0 Å². The predicted octanol–water partition coefficient (Wildman–Crippen LogP) is 5.71. The molecule has 1 aromatic heterocycles. The lowest BCUT2D eigenvalue weighted by Gasteiger charge is -2.06. The summed E-state index contributed by atoms with van der Waals surface area (Å²) >= 11 is 3.60. The van der Waals surface area contributed by atoms with E-state index in [-0.39, 0.29) is 0 Å². The van der Waals surface area contributed by atoms with Crippen LogP contribution in [-0.2, 0) is 5.75 Å². The summed E-state index contributed by atoms with van der Waals surface area (Å²) in [5.41, 5.74) is 3.87. The Morgan fingerprint density at radius 1 is 1.05 bits per heavy atom. The summed E-state index contributed by atoms with van der Waals surface area (Å²) in [5, 5.41) is 0. The molecule has 3 heteroatoms. The average Bonchev–Trinajstić information content (AvgIpc) is 2.88. The number of hydrogen-bond acceptors (Lipinski definition) is 3. The monoisotopic (exact) mass is 299 g/mol. The van der Waals surface area contributed by atoms with Crippen molar-refractivity contribution in [2.24, 2.45) is 0 Å². The molecule has 0 fully saturated rings. The van der Waals surface area contributed by atoms with Gasteiger partial charge in [-0.25, -0.2) is 4.98 Å². The Morgan fingerprint density at radius 3 is 2.50 bits per heavy atom. The number of thiazole rings is 1. The van der Waals surface area contributed by atoms with Crippen molar-refractivity contribution in [1.29, 1.82) is 0 Å². The fourth-order valence-corrected chi connectivity index (χ4v) is 4.08. The Hall–Kier alpha value is -1.32. The Bertz CT molecular complexity index is 665. The van der Waals surface area contributed by atoms with Crippen LogP contribution in [0.1, 0.15) is 30.9 Å². The number of thioether (sulfide) groups is 1. The Balaban J connectivity index is 1.69. The number of rotatable bonds is 4. The third-order valence-electron chi connectivity index (χ3n) is 3.28. The molecule has 0 aliphatic rings. The second kappa shape index (κ2) is 5.98. The summed E-state index contributed by atoms with van der Waals surface area (Å²) in [4.78, 5) is 4.66. The van der Waals surface area contributed by atoms with Crippen LogP contribution in [0.25, 0.3) is 10.2 Å². The van der Waals surface area contributed by atoms with Crippen molar-refractivity contribution in [3.05, 3.63) is 59.7 Å². The lowest BCUT2D eigenvalue weighted by atomic mass is 10.0. The molecule has 2 aromatic carbocycles. The van der Waals surface area contributed by atoms with Crippen LogP contribution in [-0.4, -0.2) is 4.98 Å². The van der Waals surface area contributed by atoms with Crippen molar-refractivity contribution in [3.63, 3.8) is 0 Å². The summed E-state index contributed by atoms with van der Waals surface area (Å²) in [7, 11) is 0. The normalized spacial score (nSPS) is 11.3. The van der Waals surface area contributed by atoms with Gasteiger partial charge in [0.1, 0.15) is 0 Å². The first-order valence-electron chi connectivity index (χ1n) is 6.79. The van der Waals surface area contributed by atoms with Crippen LogP contribution in [0, 0.1) is 0 Å². The summed E-state index contributed by atoms with van der Waals surface area (Å²) in [5.74, 6) is 1.58. The van der Waals surface area contributed by atoms with Crippen LogP contribution in [0.5, 0.6) is 0 Å². The van der Waals surface area contributed by atoms with E-state index in [1.54, 1.807) is 11.3 Å². The lowest BCUT2D eigenvalue weighted by Crippen LogP contribution is -1.87. The average molecular weight is 299 g/mol. The Labute approximate surface area is 128 Å². The van der Waals surface area contributed by atoms with Gasteiger partial charge in [-0.1, -0.05) is 62.0 Å². The third-order valence-corrected chi connectivity index (χ3v) is 5.53. The van der Waals surface area contributed by atoms with Crippen molar-refractivity contribution in [1.82, 2.24) is 4.98 Å². The highest BCUT2D eigenvalue weighted by atomic mass is 32.2. The second-order valence-electron chi connectivity index (χ2n) is 5.13. The van der Waals surface area contributed by atoms with Gasteiger partial charge in [-0.2, -0.15) is 0 Å². The van der Waals surface area contributed by atoms with E-state index in [1.807, 2.05) is 17.8 Å². The molecule has 0 aliphatic carbocycles. The SMILES string of the molecule is CC(C)c1ccc(CSc2nc3ccccc3s2)cc1. The van der Waals surface area contributed by atoms with Gasteiger partial charge in [0, 0.05) is 5.75 Å². The number of fused-ring (bicyclic) bond motifs is 1. The fraction of sp³-hybridized carbons (Fsp3) is 0.235. The van der Waals surface area contributed by atoms with Gasteiger partial charge in [-0.05, 0) is 29.2 Å². The molecular weight excluding hydrogens is 282 g/mol. The maximum Gasteiger partial charge on any atom is 0.151 e. The van der Waals surface area contributed by atoms with Crippen LogP contribution in [0.3, 0.4) is 0 Å². The number of para-hydroxylation sites is 1. The van der Waals surface area contributed by atoms with Gasteiger partial charge in [0.05, 0.1) is 10.2 Å². The first-order chi connectivity index (χ1) is 9.72. The predicted molar refractivity (Wildman–Crippen MR) is 89.7 cm³/mol. The minimum Gasteiger partial charge on any atom is -0.230 e. The molecule has 3 rings (SSSR count). The van der Waals surface area contributed by atoms with Gasteiger partial charge in [0.2, 0.25) is 0 Å². The molecule has 3 aromatic rings. The van der Waals surface area contributed by atoms with E-state index in [9.17, 15) is 0 Å².